The summed E-state index contributed by atoms with van der Waals surface area (Å²) in [5.74, 6) is 0.110. The highest BCUT2D eigenvalue weighted by Crippen LogP contribution is 2.44. The van der Waals surface area contributed by atoms with Crippen LogP contribution in [0.3, 0.4) is 0 Å². The van der Waals surface area contributed by atoms with E-state index in [9.17, 15) is 14.7 Å². The summed E-state index contributed by atoms with van der Waals surface area (Å²) in [5.41, 5.74) is 0.824. The Kier molecular flexibility index (Phi) is 5.41. The molecule has 0 aliphatic carbocycles. The maximum atomic E-state index is 12.5. The molecule has 2 rings (SSSR count). The van der Waals surface area contributed by atoms with E-state index < -0.39 is 12.0 Å². The van der Waals surface area contributed by atoms with Crippen LogP contribution in [0.2, 0.25) is 0 Å². The van der Waals surface area contributed by atoms with Gasteiger partial charge < -0.3 is 19.5 Å². The van der Waals surface area contributed by atoms with Crippen molar-refractivity contribution in [2.24, 2.45) is 5.92 Å². The number of carbonyl (C=O) groups is 2. The van der Waals surface area contributed by atoms with E-state index in [2.05, 4.69) is 0 Å². The molecule has 2 atom stereocenters. The number of hydrogen-bond acceptors (Lipinski definition) is 5. The average Bonchev–Trinajstić information content (AvgIpc) is 2.98. The number of carbonyl (C=O) groups excluding carboxylic acids is 1. The SMILES string of the molecule is COc1ccc([C@@H]2SC[C@@H](C(=O)O)N2C(=O)C(C)C)cc1OC. The molecule has 6 nitrogen and oxygen atoms in total. The minimum absolute atomic E-state index is 0.165. The molecule has 1 fully saturated rings. The third kappa shape index (κ3) is 3.39. The van der Waals surface area contributed by atoms with Gasteiger partial charge in [0.2, 0.25) is 5.91 Å². The summed E-state index contributed by atoms with van der Waals surface area (Å²) in [5, 5.41) is 9.07. The number of nitrogens with zero attached hydrogens (tertiary/aromatic N) is 1. The molecule has 0 aromatic heterocycles. The van der Waals surface area contributed by atoms with Crippen molar-refractivity contribution in [3.8, 4) is 11.5 Å². The van der Waals surface area contributed by atoms with Crippen LogP contribution in [0.25, 0.3) is 0 Å². The Hall–Kier alpha value is -1.89. The molecule has 0 radical (unpaired) electrons. The van der Waals surface area contributed by atoms with Gasteiger partial charge in [-0.2, -0.15) is 0 Å². The third-order valence-corrected chi connectivity index (χ3v) is 5.05. The third-order valence-electron chi connectivity index (χ3n) is 3.73. The molecular formula is C16H21NO5S. The van der Waals surface area contributed by atoms with Crippen LogP contribution in [0.1, 0.15) is 24.8 Å². The summed E-state index contributed by atoms with van der Waals surface area (Å²) in [4.78, 5) is 25.5. The molecule has 1 saturated heterocycles. The van der Waals surface area contributed by atoms with Gasteiger partial charge in [-0.3, -0.25) is 4.79 Å². The largest absolute Gasteiger partial charge is 0.493 e. The van der Waals surface area contributed by atoms with Gasteiger partial charge in [0.25, 0.3) is 0 Å². The quantitative estimate of drug-likeness (QED) is 0.888. The highest BCUT2D eigenvalue weighted by Gasteiger charge is 2.43. The van der Waals surface area contributed by atoms with Crippen LogP contribution in [0.15, 0.2) is 18.2 Å². The van der Waals surface area contributed by atoms with Crippen molar-refractivity contribution < 1.29 is 24.2 Å². The maximum absolute atomic E-state index is 12.5. The average molecular weight is 339 g/mol. The molecule has 0 bridgehead atoms. The van der Waals surface area contributed by atoms with Gasteiger partial charge in [-0.1, -0.05) is 19.9 Å². The van der Waals surface area contributed by atoms with Crippen LogP contribution >= 0.6 is 11.8 Å². The van der Waals surface area contributed by atoms with Crippen molar-refractivity contribution in [1.82, 2.24) is 4.90 Å². The molecule has 1 aromatic rings. The Balaban J connectivity index is 2.40. The van der Waals surface area contributed by atoms with E-state index in [-0.39, 0.29) is 17.2 Å². The van der Waals surface area contributed by atoms with Crippen LogP contribution in [-0.2, 0) is 9.59 Å². The molecule has 23 heavy (non-hydrogen) atoms. The first kappa shape index (κ1) is 17.5. The first-order valence-electron chi connectivity index (χ1n) is 7.29. The summed E-state index contributed by atoms with van der Waals surface area (Å²) in [6, 6.07) is 4.58. The van der Waals surface area contributed by atoms with Gasteiger partial charge in [-0.15, -0.1) is 11.8 Å². The van der Waals surface area contributed by atoms with E-state index >= 15 is 0 Å². The first-order valence-corrected chi connectivity index (χ1v) is 8.34. The Labute approximate surface area is 139 Å². The second kappa shape index (κ2) is 7.12. The van der Waals surface area contributed by atoms with Crippen LogP contribution < -0.4 is 9.47 Å². The van der Waals surface area contributed by atoms with Gasteiger partial charge in [-0.25, -0.2) is 4.79 Å². The highest BCUT2D eigenvalue weighted by molar-refractivity contribution is 7.99. The maximum Gasteiger partial charge on any atom is 0.327 e. The molecule has 0 saturated carbocycles. The zero-order chi connectivity index (χ0) is 17.1. The molecule has 1 aliphatic heterocycles. The number of amides is 1. The van der Waals surface area contributed by atoms with Gasteiger partial charge >= 0.3 is 5.97 Å². The van der Waals surface area contributed by atoms with Gasteiger partial charge in [0.15, 0.2) is 11.5 Å². The number of rotatable bonds is 5. The second-order valence-corrected chi connectivity index (χ2v) is 6.67. The lowest BCUT2D eigenvalue weighted by atomic mass is 10.1. The van der Waals surface area contributed by atoms with E-state index in [4.69, 9.17) is 9.47 Å². The van der Waals surface area contributed by atoms with Gasteiger partial charge in [0.05, 0.1) is 14.2 Å². The topological polar surface area (TPSA) is 76.1 Å². The molecular weight excluding hydrogens is 318 g/mol. The molecule has 0 spiro atoms. The van der Waals surface area contributed by atoms with Gasteiger partial charge in [-0.05, 0) is 17.7 Å². The molecule has 0 unspecified atom stereocenters. The molecule has 1 heterocycles. The van der Waals surface area contributed by atoms with Crippen molar-refractivity contribution >= 4 is 23.6 Å². The lowest BCUT2D eigenvalue weighted by Crippen LogP contribution is -2.44. The Morgan fingerprint density at radius 3 is 2.43 bits per heavy atom. The van der Waals surface area contributed by atoms with Crippen LogP contribution in [0, 0.1) is 5.92 Å². The zero-order valence-electron chi connectivity index (χ0n) is 13.6. The van der Waals surface area contributed by atoms with Gasteiger partial charge in [0.1, 0.15) is 11.4 Å². The summed E-state index contributed by atoms with van der Waals surface area (Å²) in [6.07, 6.45) is 0. The summed E-state index contributed by atoms with van der Waals surface area (Å²) < 4.78 is 10.5. The predicted octanol–water partition coefficient (Wildman–Crippen LogP) is 2.39. The van der Waals surface area contributed by atoms with Crippen LogP contribution in [0.4, 0.5) is 0 Å². The Bertz CT molecular complexity index is 604. The molecule has 1 amide bonds. The predicted molar refractivity (Wildman–Crippen MR) is 87.9 cm³/mol. The van der Waals surface area contributed by atoms with Crippen LogP contribution in [0.5, 0.6) is 11.5 Å². The fraction of sp³-hybridized carbons (Fsp3) is 0.500. The van der Waals surface area contributed by atoms with Crippen molar-refractivity contribution in [3.63, 3.8) is 0 Å². The van der Waals surface area contributed by atoms with E-state index in [1.165, 1.54) is 16.7 Å². The van der Waals surface area contributed by atoms with E-state index in [1.54, 1.807) is 40.2 Å². The normalized spacial score (nSPS) is 20.7. The second-order valence-electron chi connectivity index (χ2n) is 5.55. The standard InChI is InChI=1S/C16H21NO5S/c1-9(2)14(18)17-11(16(19)20)8-23-15(17)10-5-6-12(21-3)13(7-10)22-4/h5-7,9,11,15H,8H2,1-4H3,(H,19,20)/t11-,15-/m0/s1. The molecule has 126 valence electrons. The lowest BCUT2D eigenvalue weighted by Gasteiger charge is -2.29. The van der Waals surface area contributed by atoms with Crippen molar-refractivity contribution in [1.29, 1.82) is 0 Å². The molecule has 1 N–H and O–H groups in total. The Morgan fingerprint density at radius 1 is 1.26 bits per heavy atom. The van der Waals surface area contributed by atoms with Crippen molar-refractivity contribution in [2.75, 3.05) is 20.0 Å². The van der Waals surface area contributed by atoms with E-state index in [0.717, 1.165) is 5.56 Å². The number of aliphatic carboxylic acids is 1. The lowest BCUT2D eigenvalue weighted by molar-refractivity contribution is -0.150. The smallest absolute Gasteiger partial charge is 0.327 e. The van der Waals surface area contributed by atoms with Crippen molar-refractivity contribution in [3.05, 3.63) is 23.8 Å². The zero-order valence-corrected chi connectivity index (χ0v) is 14.4. The van der Waals surface area contributed by atoms with Crippen LogP contribution in [-0.4, -0.2) is 47.9 Å². The monoisotopic (exact) mass is 339 g/mol. The number of carboxylic acids is 1. The summed E-state index contributed by atoms with van der Waals surface area (Å²) in [6.45, 7) is 3.55. The van der Waals surface area contributed by atoms with Crippen molar-refractivity contribution in [2.45, 2.75) is 25.3 Å². The minimum atomic E-state index is -0.977. The Morgan fingerprint density at radius 2 is 1.91 bits per heavy atom. The number of thioether (sulfide) groups is 1. The first-order chi connectivity index (χ1) is 10.9. The number of hydrogen-bond donors (Lipinski definition) is 1. The molecule has 1 aliphatic rings. The van der Waals surface area contributed by atoms with E-state index in [1.807, 2.05) is 6.07 Å². The van der Waals surface area contributed by atoms with E-state index in [0.29, 0.717) is 17.3 Å². The molecule has 1 aromatic carbocycles. The molecule has 7 heteroatoms. The van der Waals surface area contributed by atoms with Gasteiger partial charge in [0, 0.05) is 11.7 Å². The summed E-state index contributed by atoms with van der Waals surface area (Å²) >= 11 is 1.45. The fourth-order valence-electron chi connectivity index (χ4n) is 2.53. The number of benzene rings is 1. The fourth-order valence-corrected chi connectivity index (χ4v) is 3.95. The highest BCUT2D eigenvalue weighted by atomic mass is 32.2. The number of methoxy groups -OCH3 is 2. The number of ether oxygens (including phenoxy) is 2. The number of carboxylic acid groups (broad SMARTS) is 1. The minimum Gasteiger partial charge on any atom is -0.493 e. The summed E-state index contributed by atoms with van der Waals surface area (Å²) in [7, 11) is 3.09.